The molecule has 1 aromatic carbocycles. The van der Waals surface area contributed by atoms with Gasteiger partial charge in [-0.2, -0.15) is 0 Å². The van der Waals surface area contributed by atoms with E-state index >= 15 is 0 Å². The molecule has 0 radical (unpaired) electrons. The number of fused-ring (bicyclic) bond motifs is 1. The number of nitrogens with two attached hydrogens (primary N) is 1. The largest absolute Gasteiger partial charge is 0.491 e. The van der Waals surface area contributed by atoms with Crippen LogP contribution >= 0.6 is 15.9 Å². The predicted octanol–water partition coefficient (Wildman–Crippen LogP) is 3.70. The average molecular weight is 282 g/mol. The van der Waals surface area contributed by atoms with E-state index in [1.165, 1.54) is 24.8 Å². The van der Waals surface area contributed by atoms with E-state index in [4.69, 9.17) is 10.5 Å². The van der Waals surface area contributed by atoms with Gasteiger partial charge in [0.25, 0.3) is 0 Å². The summed E-state index contributed by atoms with van der Waals surface area (Å²) >= 11 is 3.53. The third kappa shape index (κ3) is 1.81. The highest BCUT2D eigenvalue weighted by Crippen LogP contribution is 2.50. The van der Waals surface area contributed by atoms with Gasteiger partial charge in [-0.05, 0) is 49.7 Å². The van der Waals surface area contributed by atoms with Gasteiger partial charge in [0, 0.05) is 10.0 Å². The van der Waals surface area contributed by atoms with Crippen LogP contribution in [0.15, 0.2) is 16.6 Å². The Hall–Kier alpha value is -0.700. The van der Waals surface area contributed by atoms with Gasteiger partial charge in [0.1, 0.15) is 5.75 Å². The van der Waals surface area contributed by atoms with E-state index in [-0.39, 0.29) is 0 Å². The number of benzene rings is 1. The summed E-state index contributed by atoms with van der Waals surface area (Å²) in [6.07, 6.45) is 5.13. The van der Waals surface area contributed by atoms with E-state index in [0.29, 0.717) is 5.92 Å². The maximum absolute atomic E-state index is 6.04. The zero-order valence-corrected chi connectivity index (χ0v) is 10.8. The fraction of sp³-hybridized carbons (Fsp3) is 0.538. The molecule has 3 rings (SSSR count). The van der Waals surface area contributed by atoms with Crippen LogP contribution in [0.2, 0.25) is 0 Å². The molecule has 86 valence electrons. The monoisotopic (exact) mass is 281 g/mol. The Bertz CT molecular complexity index is 415. The quantitative estimate of drug-likeness (QED) is 0.797. The van der Waals surface area contributed by atoms with Gasteiger partial charge in [0.2, 0.25) is 0 Å². The van der Waals surface area contributed by atoms with E-state index in [1.807, 2.05) is 6.07 Å². The summed E-state index contributed by atoms with van der Waals surface area (Å²) in [6.45, 7) is 0.808. The van der Waals surface area contributed by atoms with Gasteiger partial charge < -0.3 is 10.5 Å². The van der Waals surface area contributed by atoms with Crippen LogP contribution in [0.1, 0.15) is 37.2 Å². The van der Waals surface area contributed by atoms with Crippen LogP contribution in [0.5, 0.6) is 5.75 Å². The van der Waals surface area contributed by atoms with Crippen LogP contribution < -0.4 is 10.5 Å². The SMILES string of the molecule is Nc1cc(Br)cc2c1OCCCC2C1CC1. The van der Waals surface area contributed by atoms with Gasteiger partial charge in [0.05, 0.1) is 12.3 Å². The lowest BCUT2D eigenvalue weighted by molar-refractivity contribution is 0.317. The first-order valence-electron chi connectivity index (χ1n) is 5.97. The highest BCUT2D eigenvalue weighted by molar-refractivity contribution is 9.10. The molecular formula is C13H16BrNO. The van der Waals surface area contributed by atoms with Crippen molar-refractivity contribution < 1.29 is 4.74 Å². The van der Waals surface area contributed by atoms with E-state index in [1.54, 1.807) is 0 Å². The molecule has 2 N–H and O–H groups in total. The van der Waals surface area contributed by atoms with Crippen molar-refractivity contribution in [1.82, 2.24) is 0 Å². The summed E-state index contributed by atoms with van der Waals surface area (Å²) in [6, 6.07) is 4.13. The molecule has 16 heavy (non-hydrogen) atoms. The number of hydrogen-bond acceptors (Lipinski definition) is 2. The van der Waals surface area contributed by atoms with Crippen LogP contribution in [0.25, 0.3) is 0 Å². The summed E-state index contributed by atoms with van der Waals surface area (Å²) in [5, 5.41) is 0. The smallest absolute Gasteiger partial charge is 0.145 e. The summed E-state index contributed by atoms with van der Waals surface area (Å²) < 4.78 is 6.87. The Morgan fingerprint density at radius 2 is 2.06 bits per heavy atom. The van der Waals surface area contributed by atoms with Crippen molar-refractivity contribution in [2.45, 2.75) is 31.6 Å². The minimum atomic E-state index is 0.664. The number of hydrogen-bond donors (Lipinski definition) is 1. The summed E-state index contributed by atoms with van der Waals surface area (Å²) in [5.74, 6) is 2.48. The van der Waals surface area contributed by atoms with Crippen molar-refractivity contribution in [2.24, 2.45) is 5.92 Å². The molecule has 0 spiro atoms. The Balaban J connectivity index is 2.08. The van der Waals surface area contributed by atoms with Crippen LogP contribution in [0.3, 0.4) is 0 Å². The predicted molar refractivity (Wildman–Crippen MR) is 68.7 cm³/mol. The molecule has 0 aromatic heterocycles. The van der Waals surface area contributed by atoms with Gasteiger partial charge in [-0.1, -0.05) is 15.9 Å². The molecule has 1 atom stereocenters. The first kappa shape index (κ1) is 10.5. The van der Waals surface area contributed by atoms with Gasteiger partial charge in [0.15, 0.2) is 0 Å². The Kier molecular flexibility index (Phi) is 2.58. The number of halogens is 1. The molecule has 2 nitrogen and oxygen atoms in total. The normalized spacial score (nSPS) is 24.4. The Labute approximate surface area is 104 Å². The van der Waals surface area contributed by atoms with Gasteiger partial charge in [-0.25, -0.2) is 0 Å². The fourth-order valence-electron chi connectivity index (χ4n) is 2.70. The number of anilines is 1. The molecule has 1 saturated carbocycles. The van der Waals surface area contributed by atoms with Crippen LogP contribution in [0, 0.1) is 5.92 Å². The van der Waals surface area contributed by atoms with Crippen LogP contribution in [-0.4, -0.2) is 6.61 Å². The Morgan fingerprint density at radius 3 is 2.81 bits per heavy atom. The molecule has 3 heteroatoms. The fourth-order valence-corrected chi connectivity index (χ4v) is 3.19. The third-order valence-electron chi connectivity index (χ3n) is 3.61. The van der Waals surface area contributed by atoms with Crippen molar-refractivity contribution in [3.63, 3.8) is 0 Å². The molecule has 1 heterocycles. The highest BCUT2D eigenvalue weighted by atomic mass is 79.9. The lowest BCUT2D eigenvalue weighted by atomic mass is 9.89. The molecule has 2 aliphatic rings. The summed E-state index contributed by atoms with van der Waals surface area (Å²) in [7, 11) is 0. The molecule has 0 bridgehead atoms. The lowest BCUT2D eigenvalue weighted by Gasteiger charge is -2.17. The number of rotatable bonds is 1. The molecule has 1 aromatic rings. The van der Waals surface area contributed by atoms with Gasteiger partial charge in [-0.15, -0.1) is 0 Å². The first-order valence-corrected chi connectivity index (χ1v) is 6.76. The molecule has 1 aliphatic heterocycles. The van der Waals surface area contributed by atoms with Crippen molar-refractivity contribution >= 4 is 21.6 Å². The summed E-state index contributed by atoms with van der Waals surface area (Å²) in [5.41, 5.74) is 8.14. The van der Waals surface area contributed by atoms with E-state index in [0.717, 1.165) is 34.9 Å². The molecular weight excluding hydrogens is 266 g/mol. The molecule has 1 fully saturated rings. The van der Waals surface area contributed by atoms with E-state index < -0.39 is 0 Å². The second kappa shape index (κ2) is 3.95. The van der Waals surface area contributed by atoms with Crippen molar-refractivity contribution in [3.05, 3.63) is 22.2 Å². The summed E-state index contributed by atoms with van der Waals surface area (Å²) in [4.78, 5) is 0. The van der Waals surface area contributed by atoms with Crippen LogP contribution in [-0.2, 0) is 0 Å². The van der Waals surface area contributed by atoms with E-state index in [9.17, 15) is 0 Å². The standard InChI is InChI=1S/C13H16BrNO/c14-9-6-11-10(8-3-4-8)2-1-5-16-13(11)12(15)7-9/h6-8,10H,1-5,15H2. The van der Waals surface area contributed by atoms with Crippen molar-refractivity contribution in [3.8, 4) is 5.75 Å². The lowest BCUT2D eigenvalue weighted by Crippen LogP contribution is -2.02. The molecule has 1 aliphatic carbocycles. The topological polar surface area (TPSA) is 35.2 Å². The van der Waals surface area contributed by atoms with Gasteiger partial charge in [-0.3, -0.25) is 0 Å². The van der Waals surface area contributed by atoms with Crippen molar-refractivity contribution in [1.29, 1.82) is 0 Å². The average Bonchev–Trinajstić information content (AvgIpc) is 3.01. The first-order chi connectivity index (χ1) is 7.75. The highest BCUT2D eigenvalue weighted by Gasteiger charge is 2.35. The molecule has 1 unspecified atom stereocenters. The maximum Gasteiger partial charge on any atom is 0.145 e. The number of ether oxygens (including phenoxy) is 1. The number of nitrogen functional groups attached to an aromatic ring is 1. The Morgan fingerprint density at radius 1 is 1.25 bits per heavy atom. The van der Waals surface area contributed by atoms with Crippen LogP contribution in [0.4, 0.5) is 5.69 Å². The third-order valence-corrected chi connectivity index (χ3v) is 4.07. The zero-order valence-electron chi connectivity index (χ0n) is 9.21. The second-order valence-corrected chi connectivity index (χ2v) is 5.76. The van der Waals surface area contributed by atoms with E-state index in [2.05, 4.69) is 22.0 Å². The minimum Gasteiger partial charge on any atom is -0.491 e. The maximum atomic E-state index is 6.04. The minimum absolute atomic E-state index is 0.664. The second-order valence-electron chi connectivity index (χ2n) is 4.85. The zero-order chi connectivity index (χ0) is 11.1. The van der Waals surface area contributed by atoms with Gasteiger partial charge >= 0.3 is 0 Å². The molecule has 0 amide bonds. The molecule has 0 saturated heterocycles. The van der Waals surface area contributed by atoms with Crippen molar-refractivity contribution in [2.75, 3.05) is 12.3 Å².